The normalized spacial score (nSPS) is 12.2. The number of halogens is 2. The SMILES string of the molecule is CCC(C(=O)NCC(C)C)N(Cc1ccc(Cl)cc1Cl)C(=O)CN(c1ccccc1)S(=O)(=O)c1ccccc1. The largest absolute Gasteiger partial charge is 0.354 e. The Balaban J connectivity index is 2.03. The Labute approximate surface area is 240 Å². The van der Waals surface area contributed by atoms with Gasteiger partial charge < -0.3 is 10.2 Å². The molecule has 39 heavy (non-hydrogen) atoms. The lowest BCUT2D eigenvalue weighted by Crippen LogP contribution is -2.52. The van der Waals surface area contributed by atoms with Gasteiger partial charge in [-0.05, 0) is 54.3 Å². The molecule has 0 aliphatic rings. The van der Waals surface area contributed by atoms with Gasteiger partial charge in [0.25, 0.3) is 10.0 Å². The van der Waals surface area contributed by atoms with E-state index in [4.69, 9.17) is 23.2 Å². The number of nitrogens with zero attached hydrogens (tertiary/aromatic N) is 2. The highest BCUT2D eigenvalue weighted by Gasteiger charge is 2.33. The molecule has 1 atom stereocenters. The summed E-state index contributed by atoms with van der Waals surface area (Å²) in [5.74, 6) is -0.649. The fraction of sp³-hybridized carbons (Fsp3) is 0.310. The maximum atomic E-state index is 14.0. The van der Waals surface area contributed by atoms with Crippen molar-refractivity contribution < 1.29 is 18.0 Å². The minimum atomic E-state index is -4.10. The Morgan fingerprint density at radius 2 is 1.54 bits per heavy atom. The van der Waals surface area contributed by atoms with Gasteiger partial charge in [-0.3, -0.25) is 13.9 Å². The highest BCUT2D eigenvalue weighted by atomic mass is 35.5. The molecule has 208 valence electrons. The van der Waals surface area contributed by atoms with Crippen LogP contribution in [0.5, 0.6) is 0 Å². The number of hydrogen-bond donors (Lipinski definition) is 1. The number of sulfonamides is 1. The molecule has 3 aromatic carbocycles. The van der Waals surface area contributed by atoms with Gasteiger partial charge in [0.2, 0.25) is 11.8 Å². The zero-order chi connectivity index (χ0) is 28.6. The Hall–Kier alpha value is -3.07. The van der Waals surface area contributed by atoms with E-state index in [2.05, 4.69) is 5.32 Å². The van der Waals surface area contributed by atoms with E-state index in [1.807, 2.05) is 13.8 Å². The summed E-state index contributed by atoms with van der Waals surface area (Å²) in [6.45, 7) is 5.68. The summed E-state index contributed by atoms with van der Waals surface area (Å²) in [6, 6.07) is 20.4. The topological polar surface area (TPSA) is 86.8 Å². The van der Waals surface area contributed by atoms with E-state index in [-0.39, 0.29) is 23.3 Å². The van der Waals surface area contributed by atoms with Crippen molar-refractivity contribution in [2.45, 2.75) is 44.7 Å². The van der Waals surface area contributed by atoms with E-state index >= 15 is 0 Å². The fourth-order valence-electron chi connectivity index (χ4n) is 4.02. The van der Waals surface area contributed by atoms with E-state index < -0.39 is 28.5 Å². The maximum absolute atomic E-state index is 14.0. The Morgan fingerprint density at radius 1 is 0.923 bits per heavy atom. The molecule has 7 nitrogen and oxygen atoms in total. The van der Waals surface area contributed by atoms with Gasteiger partial charge in [-0.15, -0.1) is 0 Å². The van der Waals surface area contributed by atoms with Gasteiger partial charge in [-0.25, -0.2) is 8.42 Å². The first-order chi connectivity index (χ1) is 18.5. The van der Waals surface area contributed by atoms with Crippen molar-refractivity contribution in [3.05, 3.63) is 94.5 Å². The fourth-order valence-corrected chi connectivity index (χ4v) is 5.92. The van der Waals surface area contributed by atoms with Crippen LogP contribution in [0.15, 0.2) is 83.8 Å². The highest BCUT2D eigenvalue weighted by molar-refractivity contribution is 7.92. The van der Waals surface area contributed by atoms with Gasteiger partial charge in [0.15, 0.2) is 0 Å². The molecular weight excluding hydrogens is 557 g/mol. The number of carbonyl (C=O) groups excluding carboxylic acids is 2. The molecule has 0 saturated carbocycles. The second-order valence-electron chi connectivity index (χ2n) is 9.48. The number of benzene rings is 3. The molecule has 0 fully saturated rings. The third kappa shape index (κ3) is 7.97. The van der Waals surface area contributed by atoms with Crippen LogP contribution < -0.4 is 9.62 Å². The zero-order valence-electron chi connectivity index (χ0n) is 22.2. The number of anilines is 1. The van der Waals surface area contributed by atoms with Crippen molar-refractivity contribution in [1.82, 2.24) is 10.2 Å². The molecule has 0 heterocycles. The predicted molar refractivity (Wildman–Crippen MR) is 156 cm³/mol. The first-order valence-electron chi connectivity index (χ1n) is 12.7. The van der Waals surface area contributed by atoms with E-state index in [9.17, 15) is 18.0 Å². The first-order valence-corrected chi connectivity index (χ1v) is 14.9. The predicted octanol–water partition coefficient (Wildman–Crippen LogP) is 5.77. The highest BCUT2D eigenvalue weighted by Crippen LogP contribution is 2.26. The van der Waals surface area contributed by atoms with Crippen LogP contribution in [-0.4, -0.2) is 44.3 Å². The number of nitrogens with one attached hydrogen (secondary N) is 1. The lowest BCUT2D eigenvalue weighted by Gasteiger charge is -2.33. The third-order valence-corrected chi connectivity index (χ3v) is 8.46. The van der Waals surface area contributed by atoms with E-state index in [1.54, 1.807) is 73.7 Å². The van der Waals surface area contributed by atoms with Crippen LogP contribution in [0.1, 0.15) is 32.8 Å². The second kappa shape index (κ2) is 13.8. The standard InChI is InChI=1S/C29H33Cl2N3O4S/c1-4-27(29(36)32-18-21(2)3)33(19-22-15-16-23(30)17-26(22)31)28(35)20-34(24-11-7-5-8-12-24)39(37,38)25-13-9-6-10-14-25/h5-17,21,27H,4,18-20H2,1-3H3,(H,32,36). The number of carbonyl (C=O) groups is 2. The van der Waals surface area contributed by atoms with Crippen LogP contribution in [0.3, 0.4) is 0 Å². The van der Waals surface area contributed by atoms with E-state index in [0.717, 1.165) is 4.31 Å². The van der Waals surface area contributed by atoms with Crippen LogP contribution in [-0.2, 0) is 26.2 Å². The summed E-state index contributed by atoms with van der Waals surface area (Å²) in [5, 5.41) is 3.68. The van der Waals surface area contributed by atoms with E-state index in [1.165, 1.54) is 17.0 Å². The molecule has 0 radical (unpaired) electrons. The van der Waals surface area contributed by atoms with Gasteiger partial charge in [-0.1, -0.05) is 86.4 Å². The number of para-hydroxylation sites is 1. The van der Waals surface area contributed by atoms with Crippen LogP contribution >= 0.6 is 23.2 Å². The summed E-state index contributed by atoms with van der Waals surface area (Å²) in [6.07, 6.45) is 0.317. The third-order valence-electron chi connectivity index (χ3n) is 6.08. The van der Waals surface area contributed by atoms with Crippen molar-refractivity contribution in [2.24, 2.45) is 5.92 Å². The summed E-state index contributed by atoms with van der Waals surface area (Å²) >= 11 is 12.5. The van der Waals surface area contributed by atoms with Crippen LogP contribution in [0.25, 0.3) is 0 Å². The Kier molecular flexibility index (Phi) is 10.8. The van der Waals surface area contributed by atoms with Gasteiger partial charge in [0.05, 0.1) is 10.6 Å². The van der Waals surface area contributed by atoms with Crippen molar-refractivity contribution in [2.75, 3.05) is 17.4 Å². The zero-order valence-corrected chi connectivity index (χ0v) is 24.5. The molecule has 0 aliphatic carbocycles. The number of hydrogen-bond acceptors (Lipinski definition) is 4. The lowest BCUT2D eigenvalue weighted by atomic mass is 10.1. The molecule has 0 spiro atoms. The van der Waals surface area contributed by atoms with Gasteiger partial charge in [-0.2, -0.15) is 0 Å². The molecular formula is C29H33Cl2N3O4S. The Morgan fingerprint density at radius 3 is 2.10 bits per heavy atom. The smallest absolute Gasteiger partial charge is 0.264 e. The van der Waals surface area contributed by atoms with Crippen LogP contribution in [0.2, 0.25) is 10.0 Å². The Bertz CT molecular complexity index is 1370. The maximum Gasteiger partial charge on any atom is 0.264 e. The van der Waals surface area contributed by atoms with Crippen molar-refractivity contribution >= 4 is 50.7 Å². The molecule has 3 aromatic rings. The molecule has 0 aliphatic heterocycles. The summed E-state index contributed by atoms with van der Waals surface area (Å²) in [7, 11) is -4.10. The van der Waals surface area contributed by atoms with Gasteiger partial charge in [0, 0.05) is 23.1 Å². The minimum Gasteiger partial charge on any atom is -0.354 e. The molecule has 10 heteroatoms. The number of rotatable bonds is 12. The van der Waals surface area contributed by atoms with Gasteiger partial charge in [0.1, 0.15) is 12.6 Å². The molecule has 3 rings (SSSR count). The molecule has 0 bridgehead atoms. The monoisotopic (exact) mass is 589 g/mol. The lowest BCUT2D eigenvalue weighted by molar-refractivity contribution is -0.140. The summed E-state index contributed by atoms with van der Waals surface area (Å²) < 4.78 is 28.5. The van der Waals surface area contributed by atoms with Crippen LogP contribution in [0.4, 0.5) is 5.69 Å². The number of amides is 2. The van der Waals surface area contributed by atoms with Crippen molar-refractivity contribution in [3.8, 4) is 0 Å². The van der Waals surface area contributed by atoms with E-state index in [0.29, 0.717) is 34.3 Å². The second-order valence-corrected chi connectivity index (χ2v) is 12.2. The summed E-state index contributed by atoms with van der Waals surface area (Å²) in [5.41, 5.74) is 0.915. The summed E-state index contributed by atoms with van der Waals surface area (Å²) in [4.78, 5) is 28.7. The molecule has 0 aromatic heterocycles. The quantitative estimate of drug-likeness (QED) is 0.290. The van der Waals surface area contributed by atoms with Crippen molar-refractivity contribution in [1.29, 1.82) is 0 Å². The molecule has 2 amide bonds. The molecule has 0 saturated heterocycles. The van der Waals surface area contributed by atoms with Crippen molar-refractivity contribution in [3.63, 3.8) is 0 Å². The molecule has 1 N–H and O–H groups in total. The minimum absolute atomic E-state index is 0.00352. The average molecular weight is 591 g/mol. The van der Waals surface area contributed by atoms with Crippen LogP contribution in [0, 0.1) is 5.92 Å². The molecule has 1 unspecified atom stereocenters. The average Bonchev–Trinajstić information content (AvgIpc) is 2.92. The van der Waals surface area contributed by atoms with Gasteiger partial charge >= 0.3 is 0 Å². The first kappa shape index (κ1) is 30.5.